The SMILES string of the molecule is N#CCc1ccc(CC=Cc2ccc(O)c(O)c2)cc1. The Morgan fingerprint density at radius 1 is 0.950 bits per heavy atom. The first kappa shape index (κ1) is 13.7. The maximum atomic E-state index is 9.39. The van der Waals surface area contributed by atoms with E-state index < -0.39 is 0 Å². The number of nitriles is 1. The fourth-order valence-electron chi connectivity index (χ4n) is 1.86. The van der Waals surface area contributed by atoms with Crippen LogP contribution in [0.5, 0.6) is 11.5 Å². The monoisotopic (exact) mass is 265 g/mol. The summed E-state index contributed by atoms with van der Waals surface area (Å²) in [5, 5.41) is 27.2. The highest BCUT2D eigenvalue weighted by Crippen LogP contribution is 2.25. The molecule has 0 aliphatic rings. The predicted octanol–water partition coefficient (Wildman–Crippen LogP) is 3.42. The van der Waals surface area contributed by atoms with Crippen LogP contribution in [-0.2, 0) is 12.8 Å². The molecule has 0 saturated heterocycles. The zero-order valence-corrected chi connectivity index (χ0v) is 11.0. The molecule has 0 aromatic heterocycles. The molecule has 0 fully saturated rings. The van der Waals surface area contributed by atoms with Gasteiger partial charge in [-0.25, -0.2) is 0 Å². The fourth-order valence-corrected chi connectivity index (χ4v) is 1.86. The van der Waals surface area contributed by atoms with Gasteiger partial charge in [0.05, 0.1) is 12.5 Å². The zero-order valence-electron chi connectivity index (χ0n) is 11.0. The highest BCUT2D eigenvalue weighted by atomic mass is 16.3. The molecule has 0 amide bonds. The quantitative estimate of drug-likeness (QED) is 0.832. The summed E-state index contributed by atoms with van der Waals surface area (Å²) in [7, 11) is 0. The van der Waals surface area contributed by atoms with Crippen molar-refractivity contribution in [2.24, 2.45) is 0 Å². The molecule has 2 N–H and O–H groups in total. The lowest BCUT2D eigenvalue weighted by molar-refractivity contribution is 0.403. The van der Waals surface area contributed by atoms with Gasteiger partial charge in [0, 0.05) is 0 Å². The molecule has 3 heteroatoms. The highest BCUT2D eigenvalue weighted by molar-refractivity contribution is 5.55. The van der Waals surface area contributed by atoms with Gasteiger partial charge in [-0.3, -0.25) is 0 Å². The Morgan fingerprint density at radius 3 is 2.30 bits per heavy atom. The van der Waals surface area contributed by atoms with Crippen molar-refractivity contribution in [3.05, 3.63) is 65.2 Å². The molecule has 0 radical (unpaired) electrons. The van der Waals surface area contributed by atoms with E-state index in [-0.39, 0.29) is 11.5 Å². The first-order chi connectivity index (χ1) is 9.69. The molecule has 2 rings (SSSR count). The van der Waals surface area contributed by atoms with Crippen molar-refractivity contribution in [2.45, 2.75) is 12.8 Å². The van der Waals surface area contributed by atoms with E-state index in [1.807, 2.05) is 36.4 Å². The van der Waals surface area contributed by atoms with Crippen LogP contribution in [0.1, 0.15) is 16.7 Å². The molecule has 0 bridgehead atoms. The van der Waals surface area contributed by atoms with Gasteiger partial charge in [0.2, 0.25) is 0 Å². The lowest BCUT2D eigenvalue weighted by Gasteiger charge is -2.00. The second-order valence-electron chi connectivity index (χ2n) is 4.51. The molecule has 100 valence electrons. The van der Waals surface area contributed by atoms with Gasteiger partial charge in [-0.2, -0.15) is 5.26 Å². The van der Waals surface area contributed by atoms with Crippen molar-refractivity contribution in [1.82, 2.24) is 0 Å². The topological polar surface area (TPSA) is 64.2 Å². The Balaban J connectivity index is 1.99. The number of benzene rings is 2. The van der Waals surface area contributed by atoms with Gasteiger partial charge in [-0.15, -0.1) is 0 Å². The normalized spacial score (nSPS) is 10.6. The maximum absolute atomic E-state index is 9.39. The van der Waals surface area contributed by atoms with Gasteiger partial charge in [0.1, 0.15) is 0 Å². The molecule has 0 unspecified atom stereocenters. The fraction of sp³-hybridized carbons (Fsp3) is 0.118. The molecule has 0 atom stereocenters. The molecule has 2 aromatic rings. The standard InChI is InChI=1S/C17H15NO2/c18-11-10-14-6-4-13(5-7-14)2-1-3-15-8-9-16(19)17(20)12-15/h1,3-9,12,19-20H,2,10H2. The number of nitrogens with zero attached hydrogens (tertiary/aromatic N) is 1. The van der Waals surface area contributed by atoms with Gasteiger partial charge >= 0.3 is 0 Å². The molecule has 0 aliphatic heterocycles. The first-order valence-corrected chi connectivity index (χ1v) is 6.32. The van der Waals surface area contributed by atoms with Crippen LogP contribution in [0.4, 0.5) is 0 Å². The third-order valence-electron chi connectivity index (χ3n) is 2.97. The Morgan fingerprint density at radius 2 is 1.65 bits per heavy atom. The van der Waals surface area contributed by atoms with Crippen molar-refractivity contribution in [1.29, 1.82) is 5.26 Å². The minimum Gasteiger partial charge on any atom is -0.504 e. The summed E-state index contributed by atoms with van der Waals surface area (Å²) in [5.41, 5.74) is 3.01. The van der Waals surface area contributed by atoms with Crippen molar-refractivity contribution >= 4 is 6.08 Å². The summed E-state index contributed by atoms with van der Waals surface area (Å²) in [5.74, 6) is -0.233. The van der Waals surface area contributed by atoms with Crippen molar-refractivity contribution in [3.8, 4) is 17.6 Å². The second kappa shape index (κ2) is 6.44. The van der Waals surface area contributed by atoms with Crippen LogP contribution in [0, 0.1) is 11.3 Å². The van der Waals surface area contributed by atoms with Crippen LogP contribution >= 0.6 is 0 Å². The molecule has 0 spiro atoms. The smallest absolute Gasteiger partial charge is 0.157 e. The van der Waals surface area contributed by atoms with Gasteiger partial charge in [0.25, 0.3) is 0 Å². The van der Waals surface area contributed by atoms with Crippen molar-refractivity contribution < 1.29 is 10.2 Å². The Labute approximate surface area is 118 Å². The number of allylic oxidation sites excluding steroid dienone is 1. The lowest BCUT2D eigenvalue weighted by Crippen LogP contribution is -1.84. The van der Waals surface area contributed by atoms with Crippen LogP contribution in [-0.4, -0.2) is 10.2 Å². The number of phenolic OH excluding ortho intramolecular Hbond substituents is 2. The number of phenols is 2. The predicted molar refractivity (Wildman–Crippen MR) is 78.3 cm³/mol. The first-order valence-electron chi connectivity index (χ1n) is 6.32. The highest BCUT2D eigenvalue weighted by Gasteiger charge is 1.98. The lowest BCUT2D eigenvalue weighted by atomic mass is 10.1. The van der Waals surface area contributed by atoms with E-state index >= 15 is 0 Å². The van der Waals surface area contributed by atoms with Gasteiger partial charge in [-0.1, -0.05) is 42.5 Å². The molecule has 2 aromatic carbocycles. The molecular weight excluding hydrogens is 250 g/mol. The van der Waals surface area contributed by atoms with E-state index in [2.05, 4.69) is 6.07 Å². The summed E-state index contributed by atoms with van der Waals surface area (Å²) in [6.45, 7) is 0. The van der Waals surface area contributed by atoms with Crippen LogP contribution in [0.25, 0.3) is 6.08 Å². The van der Waals surface area contributed by atoms with Crippen molar-refractivity contribution in [2.75, 3.05) is 0 Å². The summed E-state index contributed by atoms with van der Waals surface area (Å²) in [6, 6.07) is 14.8. The average molecular weight is 265 g/mol. The molecular formula is C17H15NO2. The Bertz CT molecular complexity index is 652. The van der Waals surface area contributed by atoms with Gasteiger partial charge < -0.3 is 10.2 Å². The van der Waals surface area contributed by atoms with E-state index in [0.717, 1.165) is 23.1 Å². The Kier molecular flexibility index (Phi) is 4.41. The zero-order chi connectivity index (χ0) is 14.4. The summed E-state index contributed by atoms with van der Waals surface area (Å²) < 4.78 is 0. The molecule has 0 heterocycles. The van der Waals surface area contributed by atoms with Crippen LogP contribution < -0.4 is 0 Å². The average Bonchev–Trinajstić information content (AvgIpc) is 2.45. The van der Waals surface area contributed by atoms with Crippen LogP contribution in [0.15, 0.2) is 48.5 Å². The second-order valence-corrected chi connectivity index (χ2v) is 4.51. The third kappa shape index (κ3) is 3.63. The van der Waals surface area contributed by atoms with Gasteiger partial charge in [-0.05, 0) is 35.2 Å². The molecule has 20 heavy (non-hydrogen) atoms. The largest absolute Gasteiger partial charge is 0.504 e. The van der Waals surface area contributed by atoms with E-state index in [1.165, 1.54) is 12.1 Å². The van der Waals surface area contributed by atoms with E-state index in [0.29, 0.717) is 6.42 Å². The minimum atomic E-state index is -0.118. The van der Waals surface area contributed by atoms with Gasteiger partial charge in [0.15, 0.2) is 11.5 Å². The third-order valence-corrected chi connectivity index (χ3v) is 2.97. The molecule has 0 aliphatic carbocycles. The van der Waals surface area contributed by atoms with Crippen LogP contribution in [0.2, 0.25) is 0 Å². The summed E-state index contributed by atoms with van der Waals surface area (Å²) >= 11 is 0. The maximum Gasteiger partial charge on any atom is 0.157 e. The minimum absolute atomic E-state index is 0.116. The number of rotatable bonds is 4. The van der Waals surface area contributed by atoms with E-state index in [9.17, 15) is 10.2 Å². The Hall–Kier alpha value is -2.73. The van der Waals surface area contributed by atoms with E-state index in [1.54, 1.807) is 6.07 Å². The summed E-state index contributed by atoms with van der Waals surface area (Å²) in [6.07, 6.45) is 5.09. The molecule has 0 saturated carbocycles. The van der Waals surface area contributed by atoms with Crippen LogP contribution in [0.3, 0.4) is 0 Å². The summed E-state index contributed by atoms with van der Waals surface area (Å²) in [4.78, 5) is 0. The molecule has 3 nitrogen and oxygen atoms in total. The number of aromatic hydroxyl groups is 2. The van der Waals surface area contributed by atoms with E-state index in [4.69, 9.17) is 5.26 Å². The number of hydrogen-bond donors (Lipinski definition) is 2. The number of hydrogen-bond acceptors (Lipinski definition) is 3. The van der Waals surface area contributed by atoms with Crippen molar-refractivity contribution in [3.63, 3.8) is 0 Å².